The van der Waals surface area contributed by atoms with Crippen molar-refractivity contribution in [2.24, 2.45) is 0 Å². The highest BCUT2D eigenvalue weighted by atomic mass is 16.7. The van der Waals surface area contributed by atoms with Gasteiger partial charge < -0.3 is 13.7 Å². The number of hydrogen-bond donors (Lipinski definition) is 0. The van der Waals surface area contributed by atoms with E-state index in [1.54, 1.807) is 0 Å². The first kappa shape index (κ1) is 23.8. The second-order valence-corrected chi connectivity index (χ2v) is 13.7. The molecule has 0 bridgehead atoms. The molecule has 0 saturated carbocycles. The maximum atomic E-state index is 6.44. The molecule has 0 radical (unpaired) electrons. The summed E-state index contributed by atoms with van der Waals surface area (Å²) in [7, 11) is -0.368. The molecule has 3 nitrogen and oxygen atoms in total. The van der Waals surface area contributed by atoms with Crippen molar-refractivity contribution < 1.29 is 9.31 Å². The highest BCUT2D eigenvalue weighted by Gasteiger charge is 2.52. The molecule has 4 heteroatoms. The molecule has 7 aromatic rings. The normalized spacial score (nSPS) is 18.8. The summed E-state index contributed by atoms with van der Waals surface area (Å²) in [5.41, 5.74) is 9.49. The molecule has 1 fully saturated rings. The van der Waals surface area contributed by atoms with E-state index in [1.165, 1.54) is 71.1 Å². The van der Waals surface area contributed by atoms with Crippen molar-refractivity contribution in [3.8, 4) is 11.1 Å². The summed E-state index contributed by atoms with van der Waals surface area (Å²) in [6.45, 7) is 13.2. The molecule has 200 valence electrons. The number of benzene rings is 5. The minimum Gasteiger partial charge on any atom is -0.399 e. The quantitative estimate of drug-likeness (QED) is 0.197. The first-order chi connectivity index (χ1) is 19.6. The summed E-state index contributed by atoms with van der Waals surface area (Å²) in [4.78, 5) is 0. The molecule has 0 N–H and O–H groups in total. The van der Waals surface area contributed by atoms with E-state index in [-0.39, 0.29) is 23.7 Å². The second-order valence-electron chi connectivity index (χ2n) is 13.7. The molecule has 1 aliphatic heterocycles. The van der Waals surface area contributed by atoms with E-state index in [1.807, 2.05) is 0 Å². The SMILES string of the molecule is CC1(C)c2cc(B3OC(C)(C)C(C)(C)O3)ccc2-c2c1ccc1cc3c4cccc5c6ccccc6n(c3cc21)c54. The maximum absolute atomic E-state index is 6.44. The fourth-order valence-electron chi connectivity index (χ4n) is 7.63. The van der Waals surface area contributed by atoms with Gasteiger partial charge in [0.25, 0.3) is 0 Å². The minimum atomic E-state index is -0.368. The zero-order chi connectivity index (χ0) is 28.1. The summed E-state index contributed by atoms with van der Waals surface area (Å²) in [5.74, 6) is 0. The zero-order valence-electron chi connectivity index (χ0n) is 24.4. The number of fused-ring (bicyclic) bond motifs is 11. The minimum absolute atomic E-state index is 0.131. The zero-order valence-corrected chi connectivity index (χ0v) is 24.4. The molecule has 1 aliphatic carbocycles. The molecule has 1 saturated heterocycles. The van der Waals surface area contributed by atoms with Crippen molar-refractivity contribution in [1.29, 1.82) is 0 Å². The summed E-state index contributed by atoms with van der Waals surface area (Å²) < 4.78 is 15.4. The van der Waals surface area contributed by atoms with E-state index in [0.717, 1.165) is 5.46 Å². The smallest absolute Gasteiger partial charge is 0.399 e. The average Bonchev–Trinajstić information content (AvgIpc) is 3.60. The van der Waals surface area contributed by atoms with Crippen LogP contribution >= 0.6 is 0 Å². The van der Waals surface area contributed by atoms with Gasteiger partial charge in [-0.2, -0.15) is 0 Å². The Hall–Kier alpha value is -3.86. The number of hydrogen-bond acceptors (Lipinski definition) is 2. The van der Waals surface area contributed by atoms with Crippen LogP contribution in [0.25, 0.3) is 60.0 Å². The molecule has 2 aromatic heterocycles. The van der Waals surface area contributed by atoms with Crippen LogP contribution in [0.5, 0.6) is 0 Å². The van der Waals surface area contributed by atoms with Crippen LogP contribution in [-0.4, -0.2) is 22.7 Å². The Balaban J connectivity index is 1.31. The van der Waals surface area contributed by atoms with E-state index in [4.69, 9.17) is 9.31 Å². The predicted octanol–water partition coefficient (Wildman–Crippen LogP) is 8.60. The van der Waals surface area contributed by atoms with Crippen LogP contribution in [-0.2, 0) is 14.7 Å². The first-order valence-electron chi connectivity index (χ1n) is 14.7. The molecular weight excluding hydrogens is 501 g/mol. The average molecular weight is 533 g/mol. The monoisotopic (exact) mass is 533 g/mol. The Labute approximate surface area is 240 Å². The Kier molecular flexibility index (Phi) is 4.25. The van der Waals surface area contributed by atoms with Crippen molar-refractivity contribution in [2.75, 3.05) is 0 Å². The molecule has 41 heavy (non-hydrogen) atoms. The van der Waals surface area contributed by atoms with Crippen molar-refractivity contribution in [3.63, 3.8) is 0 Å². The van der Waals surface area contributed by atoms with E-state index < -0.39 is 0 Å². The number of para-hydroxylation sites is 2. The lowest BCUT2D eigenvalue weighted by Gasteiger charge is -2.32. The van der Waals surface area contributed by atoms with Gasteiger partial charge in [-0.05, 0) is 84.4 Å². The summed E-state index contributed by atoms with van der Waals surface area (Å²) in [6.07, 6.45) is 0. The van der Waals surface area contributed by atoms with E-state index in [2.05, 4.69) is 131 Å². The predicted molar refractivity (Wildman–Crippen MR) is 172 cm³/mol. The molecule has 9 rings (SSSR count). The molecule has 5 aromatic carbocycles. The Morgan fingerprint density at radius 1 is 0.585 bits per heavy atom. The fraction of sp³-hybridized carbons (Fsp3) is 0.243. The van der Waals surface area contributed by atoms with Gasteiger partial charge >= 0.3 is 7.12 Å². The lowest BCUT2D eigenvalue weighted by Crippen LogP contribution is -2.41. The van der Waals surface area contributed by atoms with Gasteiger partial charge in [0, 0.05) is 27.0 Å². The van der Waals surface area contributed by atoms with Gasteiger partial charge in [-0.1, -0.05) is 80.6 Å². The van der Waals surface area contributed by atoms with E-state index in [0.29, 0.717) is 0 Å². The van der Waals surface area contributed by atoms with Crippen LogP contribution in [0, 0.1) is 0 Å². The second kappa shape index (κ2) is 7.31. The third-order valence-electron chi connectivity index (χ3n) is 10.5. The van der Waals surface area contributed by atoms with Crippen LogP contribution in [0.3, 0.4) is 0 Å². The van der Waals surface area contributed by atoms with Gasteiger partial charge in [-0.25, -0.2) is 0 Å². The van der Waals surface area contributed by atoms with E-state index in [9.17, 15) is 0 Å². The Morgan fingerprint density at radius 3 is 2.07 bits per heavy atom. The summed E-state index contributed by atoms with van der Waals surface area (Å²) in [6, 6.07) is 31.9. The number of rotatable bonds is 1. The highest BCUT2D eigenvalue weighted by molar-refractivity contribution is 6.62. The lowest BCUT2D eigenvalue weighted by molar-refractivity contribution is 0.00578. The van der Waals surface area contributed by atoms with Crippen molar-refractivity contribution in [3.05, 3.63) is 96.1 Å². The van der Waals surface area contributed by atoms with Gasteiger partial charge in [0.05, 0.1) is 27.8 Å². The van der Waals surface area contributed by atoms with Crippen molar-refractivity contribution in [2.45, 2.75) is 58.2 Å². The van der Waals surface area contributed by atoms with Gasteiger partial charge in [-0.3, -0.25) is 0 Å². The first-order valence-corrected chi connectivity index (χ1v) is 14.7. The highest BCUT2D eigenvalue weighted by Crippen LogP contribution is 2.52. The standard InChI is InChI=1S/C37H32BNO2/c1-35(2)29-17-14-21-18-28-25-12-9-11-24-23-10-7-8-13-31(23)39(34(24)25)32(28)20-27(21)33(29)26-16-15-22(19-30(26)35)38-40-36(3,4)37(5,6)41-38/h7-20H,1-6H3. The topological polar surface area (TPSA) is 22.9 Å². The third kappa shape index (κ3) is 2.82. The summed E-state index contributed by atoms with van der Waals surface area (Å²) in [5, 5.41) is 7.88. The van der Waals surface area contributed by atoms with Crippen molar-refractivity contribution >= 4 is 61.4 Å². The molecule has 0 spiro atoms. The molecular formula is C37H32BNO2. The molecule has 0 atom stereocenters. The molecule has 3 heterocycles. The van der Waals surface area contributed by atoms with Gasteiger partial charge in [0.15, 0.2) is 0 Å². The Bertz CT molecular complexity index is 2240. The number of nitrogens with zero attached hydrogens (tertiary/aromatic N) is 1. The Morgan fingerprint density at radius 2 is 1.29 bits per heavy atom. The van der Waals surface area contributed by atoms with Crippen LogP contribution in [0.1, 0.15) is 52.7 Å². The lowest BCUT2D eigenvalue weighted by atomic mass is 9.74. The summed E-state index contributed by atoms with van der Waals surface area (Å²) >= 11 is 0. The third-order valence-corrected chi connectivity index (χ3v) is 10.5. The molecule has 0 amide bonds. The van der Waals surface area contributed by atoms with Gasteiger partial charge in [-0.15, -0.1) is 0 Å². The maximum Gasteiger partial charge on any atom is 0.494 e. The van der Waals surface area contributed by atoms with Crippen LogP contribution < -0.4 is 5.46 Å². The fourth-order valence-corrected chi connectivity index (χ4v) is 7.63. The van der Waals surface area contributed by atoms with Gasteiger partial charge in [0.2, 0.25) is 0 Å². The van der Waals surface area contributed by atoms with Crippen LogP contribution in [0.15, 0.2) is 84.9 Å². The largest absolute Gasteiger partial charge is 0.494 e. The molecule has 0 unspecified atom stereocenters. The number of aromatic nitrogens is 1. The van der Waals surface area contributed by atoms with Crippen LogP contribution in [0.4, 0.5) is 0 Å². The van der Waals surface area contributed by atoms with Crippen molar-refractivity contribution in [1.82, 2.24) is 4.40 Å². The molecule has 2 aliphatic rings. The van der Waals surface area contributed by atoms with E-state index >= 15 is 0 Å². The van der Waals surface area contributed by atoms with Gasteiger partial charge in [0.1, 0.15) is 0 Å². The van der Waals surface area contributed by atoms with Crippen LogP contribution in [0.2, 0.25) is 0 Å².